The number of ether oxygens (including phenoxy) is 2. The highest BCUT2D eigenvalue weighted by atomic mass is 35.5. The van der Waals surface area contributed by atoms with Crippen molar-refractivity contribution in [1.82, 2.24) is 0 Å². The Morgan fingerprint density at radius 1 is 1.18 bits per heavy atom. The third-order valence-corrected chi connectivity index (χ3v) is 5.77. The second-order valence-corrected chi connectivity index (χ2v) is 8.25. The van der Waals surface area contributed by atoms with Crippen LogP contribution in [-0.2, 0) is 20.7 Å². The second kappa shape index (κ2) is 12.5. The summed E-state index contributed by atoms with van der Waals surface area (Å²) in [5.41, 5.74) is 1.07. The van der Waals surface area contributed by atoms with Crippen molar-refractivity contribution < 1.29 is 19.4 Å². The molecule has 1 aromatic rings. The maximum atomic E-state index is 11.9. The lowest BCUT2D eigenvalue weighted by Crippen LogP contribution is -2.34. The zero-order valence-corrected chi connectivity index (χ0v) is 17.9. The van der Waals surface area contributed by atoms with Gasteiger partial charge in [0.1, 0.15) is 0 Å². The molecule has 0 amide bonds. The van der Waals surface area contributed by atoms with E-state index in [9.17, 15) is 9.90 Å². The molecule has 28 heavy (non-hydrogen) atoms. The summed E-state index contributed by atoms with van der Waals surface area (Å²) in [6, 6.07) is 7.79. The zero-order chi connectivity index (χ0) is 20.2. The summed E-state index contributed by atoms with van der Waals surface area (Å²) in [7, 11) is 0. The van der Waals surface area contributed by atoms with E-state index in [1.54, 1.807) is 0 Å². The van der Waals surface area contributed by atoms with E-state index >= 15 is 0 Å². The summed E-state index contributed by atoms with van der Waals surface area (Å²) in [5.74, 6) is -1.17. The molecule has 0 aliphatic heterocycles. The molecule has 1 aliphatic carbocycles. The predicted molar refractivity (Wildman–Crippen MR) is 112 cm³/mol. The minimum Gasteiger partial charge on any atom is -0.466 e. The first-order valence-electron chi connectivity index (χ1n) is 10.8. The Hall–Kier alpha value is -1.10. The van der Waals surface area contributed by atoms with Crippen LogP contribution in [0.1, 0.15) is 83.1 Å². The molecule has 0 radical (unpaired) electrons. The van der Waals surface area contributed by atoms with E-state index in [0.717, 1.165) is 62.0 Å². The average Bonchev–Trinajstić information content (AvgIpc) is 3.10. The molecule has 4 nitrogen and oxygen atoms in total. The first-order chi connectivity index (χ1) is 13.5. The lowest BCUT2D eigenvalue weighted by Gasteiger charge is -2.29. The Balaban J connectivity index is 1.80. The van der Waals surface area contributed by atoms with Gasteiger partial charge in [-0.3, -0.25) is 4.79 Å². The Kier molecular flexibility index (Phi) is 10.3. The number of halogens is 1. The lowest BCUT2D eigenvalue weighted by molar-refractivity contribution is -0.228. The standard InChI is InChI=1S/C23H35ClO4/c1-2-3-4-5-12-22(25)27-18-15-20(28-23(26)16-8-9-17-23)14-13-19-10-6-7-11-21(19)24/h6-7,10-11,20,26H,2-5,8-9,12-18H2,1H3/t20-/m0/s1. The van der Waals surface area contributed by atoms with Crippen molar-refractivity contribution in [2.24, 2.45) is 0 Å². The highest BCUT2D eigenvalue weighted by Crippen LogP contribution is 2.33. The lowest BCUT2D eigenvalue weighted by atomic mass is 10.0. The quantitative estimate of drug-likeness (QED) is 0.253. The van der Waals surface area contributed by atoms with E-state index in [1.807, 2.05) is 24.3 Å². The smallest absolute Gasteiger partial charge is 0.305 e. The fourth-order valence-electron chi connectivity index (χ4n) is 3.71. The van der Waals surface area contributed by atoms with Gasteiger partial charge >= 0.3 is 5.97 Å². The molecular formula is C23H35ClO4. The van der Waals surface area contributed by atoms with Gasteiger partial charge in [-0.05, 0) is 43.7 Å². The van der Waals surface area contributed by atoms with Gasteiger partial charge in [0.2, 0.25) is 0 Å². The molecule has 0 spiro atoms. The molecule has 1 fully saturated rings. The topological polar surface area (TPSA) is 55.8 Å². The molecule has 1 aromatic carbocycles. The molecule has 1 aliphatic rings. The molecule has 0 aromatic heterocycles. The van der Waals surface area contributed by atoms with Crippen molar-refractivity contribution >= 4 is 17.6 Å². The average molecular weight is 411 g/mol. The number of esters is 1. The Morgan fingerprint density at radius 2 is 1.93 bits per heavy atom. The largest absolute Gasteiger partial charge is 0.466 e. The van der Waals surface area contributed by atoms with Crippen molar-refractivity contribution in [2.45, 2.75) is 95.9 Å². The third-order valence-electron chi connectivity index (χ3n) is 5.40. The van der Waals surface area contributed by atoms with Gasteiger partial charge in [0.25, 0.3) is 0 Å². The highest BCUT2D eigenvalue weighted by molar-refractivity contribution is 6.31. The number of aryl methyl sites for hydroxylation is 1. The van der Waals surface area contributed by atoms with Crippen molar-refractivity contribution in [3.05, 3.63) is 34.9 Å². The van der Waals surface area contributed by atoms with Crippen LogP contribution < -0.4 is 0 Å². The van der Waals surface area contributed by atoms with Crippen LogP contribution in [0, 0.1) is 0 Å². The number of hydrogen-bond donors (Lipinski definition) is 1. The molecular weight excluding hydrogens is 376 g/mol. The van der Waals surface area contributed by atoms with Crippen LogP contribution in [0.25, 0.3) is 0 Å². The van der Waals surface area contributed by atoms with Gasteiger partial charge in [-0.2, -0.15) is 0 Å². The van der Waals surface area contributed by atoms with Gasteiger partial charge in [0, 0.05) is 30.7 Å². The van der Waals surface area contributed by atoms with Crippen molar-refractivity contribution in [1.29, 1.82) is 0 Å². The number of unbranched alkanes of at least 4 members (excludes halogenated alkanes) is 3. The molecule has 2 rings (SSSR count). The number of hydrogen-bond acceptors (Lipinski definition) is 4. The SMILES string of the molecule is CCCCCCC(=O)OCC[C@H](CCc1ccccc1Cl)OC1(O)CCCC1. The summed E-state index contributed by atoms with van der Waals surface area (Å²) in [6.45, 7) is 2.48. The first kappa shape index (κ1) is 23.2. The van der Waals surface area contributed by atoms with Crippen molar-refractivity contribution in [3.63, 3.8) is 0 Å². The number of rotatable bonds is 13. The summed E-state index contributed by atoms with van der Waals surface area (Å²) in [5, 5.41) is 11.4. The maximum Gasteiger partial charge on any atom is 0.305 e. The molecule has 1 atom stereocenters. The van der Waals surface area contributed by atoms with Crippen molar-refractivity contribution in [2.75, 3.05) is 6.61 Å². The van der Waals surface area contributed by atoms with Crippen LogP contribution in [0.4, 0.5) is 0 Å². The summed E-state index contributed by atoms with van der Waals surface area (Å²) >= 11 is 6.26. The molecule has 1 N–H and O–H groups in total. The van der Waals surface area contributed by atoms with Crippen LogP contribution in [0.5, 0.6) is 0 Å². The predicted octanol–water partition coefficient (Wildman–Crippen LogP) is 5.82. The minimum absolute atomic E-state index is 0.138. The monoisotopic (exact) mass is 410 g/mol. The normalized spacial score (nSPS) is 16.8. The van der Waals surface area contributed by atoms with Crippen LogP contribution in [-0.4, -0.2) is 29.6 Å². The molecule has 0 heterocycles. The number of carbonyl (C=O) groups excluding carboxylic acids is 1. The van der Waals surface area contributed by atoms with E-state index in [1.165, 1.54) is 0 Å². The van der Waals surface area contributed by atoms with Gasteiger partial charge in [-0.15, -0.1) is 0 Å². The van der Waals surface area contributed by atoms with Gasteiger partial charge < -0.3 is 14.6 Å². The first-order valence-corrected chi connectivity index (χ1v) is 11.2. The molecule has 1 saturated carbocycles. The molecule has 0 unspecified atom stereocenters. The number of aliphatic hydroxyl groups is 1. The number of benzene rings is 1. The third kappa shape index (κ3) is 8.50. The fourth-order valence-corrected chi connectivity index (χ4v) is 3.94. The van der Waals surface area contributed by atoms with E-state index in [0.29, 0.717) is 32.3 Å². The number of carbonyl (C=O) groups is 1. The van der Waals surface area contributed by atoms with Gasteiger partial charge in [-0.1, -0.05) is 56.0 Å². The fraction of sp³-hybridized carbons (Fsp3) is 0.696. The molecule has 158 valence electrons. The van der Waals surface area contributed by atoms with Gasteiger partial charge in [0.05, 0.1) is 12.7 Å². The highest BCUT2D eigenvalue weighted by Gasteiger charge is 2.34. The summed E-state index contributed by atoms with van der Waals surface area (Å²) in [4.78, 5) is 11.9. The molecule has 0 saturated heterocycles. The van der Waals surface area contributed by atoms with E-state index in [4.69, 9.17) is 21.1 Å². The molecule has 5 heteroatoms. The zero-order valence-electron chi connectivity index (χ0n) is 17.1. The molecule has 0 bridgehead atoms. The Morgan fingerprint density at radius 3 is 2.64 bits per heavy atom. The maximum absolute atomic E-state index is 11.9. The van der Waals surface area contributed by atoms with Crippen LogP contribution in [0.15, 0.2) is 24.3 Å². The van der Waals surface area contributed by atoms with E-state index < -0.39 is 5.79 Å². The van der Waals surface area contributed by atoms with Crippen LogP contribution >= 0.6 is 11.6 Å². The van der Waals surface area contributed by atoms with E-state index in [-0.39, 0.29) is 12.1 Å². The van der Waals surface area contributed by atoms with E-state index in [2.05, 4.69) is 6.92 Å². The Bertz CT molecular complexity index is 584. The van der Waals surface area contributed by atoms with Crippen molar-refractivity contribution in [3.8, 4) is 0 Å². The second-order valence-electron chi connectivity index (χ2n) is 7.84. The van der Waals surface area contributed by atoms with Crippen LogP contribution in [0.2, 0.25) is 5.02 Å². The van der Waals surface area contributed by atoms with Crippen LogP contribution in [0.3, 0.4) is 0 Å². The van der Waals surface area contributed by atoms with Gasteiger partial charge in [0.15, 0.2) is 5.79 Å². The summed E-state index contributed by atoms with van der Waals surface area (Å²) < 4.78 is 11.5. The minimum atomic E-state index is -1.03. The Labute approximate surface area is 174 Å². The van der Waals surface area contributed by atoms with Gasteiger partial charge in [-0.25, -0.2) is 0 Å². The summed E-state index contributed by atoms with van der Waals surface area (Å²) in [6.07, 6.45) is 10.0.